The highest BCUT2D eigenvalue weighted by Gasteiger charge is 2.32. The molecule has 0 aromatic carbocycles. The van der Waals surface area contributed by atoms with Crippen LogP contribution in [0.2, 0.25) is 5.15 Å². The van der Waals surface area contributed by atoms with Gasteiger partial charge in [-0.25, -0.2) is 4.98 Å². The van der Waals surface area contributed by atoms with Crippen molar-refractivity contribution in [2.75, 3.05) is 6.54 Å². The molecule has 1 aliphatic heterocycles. The van der Waals surface area contributed by atoms with Crippen LogP contribution in [0.4, 0.5) is 0 Å². The van der Waals surface area contributed by atoms with E-state index in [-0.39, 0.29) is 28.6 Å². The number of hydrogen-bond acceptors (Lipinski definition) is 3. The molecule has 1 saturated heterocycles. The van der Waals surface area contributed by atoms with Gasteiger partial charge in [0.25, 0.3) is 5.91 Å². The fourth-order valence-corrected chi connectivity index (χ4v) is 1.91. The largest absolute Gasteiger partial charge is 0.279 e. The number of carbonyl (C=O) groups is 2. The van der Waals surface area contributed by atoms with E-state index < -0.39 is 0 Å². The van der Waals surface area contributed by atoms with Gasteiger partial charge in [0.15, 0.2) is 0 Å². The first-order chi connectivity index (χ1) is 7.58. The van der Waals surface area contributed by atoms with E-state index >= 15 is 0 Å². The molecule has 1 atom stereocenters. The number of amides is 2. The highest BCUT2D eigenvalue weighted by Crippen LogP contribution is 2.19. The highest BCUT2D eigenvalue weighted by atomic mass is 35.5. The third kappa shape index (κ3) is 2.07. The predicted octanol–water partition coefficient (Wildman–Crippen LogP) is 1.74. The lowest BCUT2D eigenvalue weighted by molar-refractivity contribution is -0.125. The number of nitrogens with zero attached hydrogens (tertiary/aromatic N) is 2. The van der Waals surface area contributed by atoms with Gasteiger partial charge in [-0.1, -0.05) is 24.6 Å². The van der Waals surface area contributed by atoms with Crippen LogP contribution in [-0.4, -0.2) is 28.2 Å². The van der Waals surface area contributed by atoms with Crippen LogP contribution in [0.5, 0.6) is 0 Å². The molecule has 1 fully saturated rings. The molecule has 5 heteroatoms. The van der Waals surface area contributed by atoms with Gasteiger partial charge in [-0.2, -0.15) is 0 Å². The van der Waals surface area contributed by atoms with Crippen molar-refractivity contribution in [3.8, 4) is 0 Å². The van der Waals surface area contributed by atoms with Crippen LogP contribution in [0.1, 0.15) is 23.8 Å². The van der Waals surface area contributed by atoms with Crippen molar-refractivity contribution < 1.29 is 9.59 Å². The number of halogens is 1. The lowest BCUT2D eigenvalue weighted by atomic mass is 10.2. The molecular weight excluding hydrogens is 228 g/mol. The van der Waals surface area contributed by atoms with Crippen molar-refractivity contribution in [2.24, 2.45) is 5.92 Å². The minimum absolute atomic E-state index is 0.140. The molecule has 0 bridgehead atoms. The van der Waals surface area contributed by atoms with E-state index in [1.165, 1.54) is 4.90 Å². The quantitative estimate of drug-likeness (QED) is 0.553. The van der Waals surface area contributed by atoms with Crippen LogP contribution >= 0.6 is 11.6 Å². The molecule has 1 aliphatic rings. The first kappa shape index (κ1) is 11.1. The van der Waals surface area contributed by atoms with E-state index in [9.17, 15) is 9.59 Å². The summed E-state index contributed by atoms with van der Waals surface area (Å²) in [5, 5.41) is 0.255. The Hall–Kier alpha value is -1.42. The molecule has 0 saturated carbocycles. The van der Waals surface area contributed by atoms with Crippen molar-refractivity contribution in [3.05, 3.63) is 29.0 Å². The average molecular weight is 239 g/mol. The Balaban J connectivity index is 2.23. The van der Waals surface area contributed by atoms with Crippen molar-refractivity contribution in [2.45, 2.75) is 13.3 Å². The Morgan fingerprint density at radius 3 is 2.88 bits per heavy atom. The number of rotatable bonds is 1. The maximum Gasteiger partial charge on any atom is 0.279 e. The molecule has 84 valence electrons. The first-order valence-corrected chi connectivity index (χ1v) is 5.43. The van der Waals surface area contributed by atoms with Gasteiger partial charge in [-0.05, 0) is 18.1 Å². The molecule has 4 nitrogen and oxygen atoms in total. The van der Waals surface area contributed by atoms with Gasteiger partial charge in [0, 0.05) is 13.0 Å². The Morgan fingerprint density at radius 1 is 1.56 bits per heavy atom. The fourth-order valence-electron chi connectivity index (χ4n) is 1.75. The summed E-state index contributed by atoms with van der Waals surface area (Å²) in [5.74, 6) is -0.285. The highest BCUT2D eigenvalue weighted by molar-refractivity contribution is 6.29. The van der Waals surface area contributed by atoms with Gasteiger partial charge in [-0.3, -0.25) is 14.5 Å². The summed E-state index contributed by atoms with van der Waals surface area (Å²) >= 11 is 5.69. The number of pyridine rings is 1. The Labute approximate surface area is 98.2 Å². The lowest BCUT2D eigenvalue weighted by Gasteiger charge is -2.13. The average Bonchev–Trinajstić information content (AvgIpc) is 2.57. The summed E-state index contributed by atoms with van der Waals surface area (Å²) < 4.78 is 0. The zero-order valence-corrected chi connectivity index (χ0v) is 9.57. The van der Waals surface area contributed by atoms with Crippen LogP contribution in [-0.2, 0) is 4.79 Å². The van der Waals surface area contributed by atoms with E-state index in [1.807, 2.05) is 6.92 Å². The van der Waals surface area contributed by atoms with Crippen LogP contribution in [0, 0.1) is 5.92 Å². The minimum atomic E-state index is -0.364. The smallest absolute Gasteiger partial charge is 0.277 e. The summed E-state index contributed by atoms with van der Waals surface area (Å²) in [7, 11) is 0. The molecule has 0 spiro atoms. The molecule has 0 N–H and O–H groups in total. The minimum Gasteiger partial charge on any atom is -0.277 e. The van der Waals surface area contributed by atoms with Crippen LogP contribution in [0.15, 0.2) is 18.2 Å². The van der Waals surface area contributed by atoms with E-state index in [1.54, 1.807) is 18.2 Å². The van der Waals surface area contributed by atoms with Crippen molar-refractivity contribution in [3.63, 3.8) is 0 Å². The molecule has 0 aliphatic carbocycles. The molecule has 2 heterocycles. The SMILES string of the molecule is CC1CC(=O)N(C(=O)c2cccc(Cl)n2)C1. The van der Waals surface area contributed by atoms with Gasteiger partial charge in [-0.15, -0.1) is 0 Å². The standard InChI is InChI=1S/C11H11ClN2O2/c1-7-5-10(15)14(6-7)11(16)8-3-2-4-9(12)13-8/h2-4,7H,5-6H2,1H3. The van der Waals surface area contributed by atoms with E-state index in [0.29, 0.717) is 13.0 Å². The summed E-state index contributed by atoms with van der Waals surface area (Å²) in [4.78, 5) is 28.6. The number of likely N-dealkylation sites (tertiary alicyclic amines) is 1. The van der Waals surface area contributed by atoms with Crippen molar-refractivity contribution >= 4 is 23.4 Å². The Morgan fingerprint density at radius 2 is 2.31 bits per heavy atom. The van der Waals surface area contributed by atoms with Gasteiger partial charge >= 0.3 is 0 Å². The molecular formula is C11H11ClN2O2. The van der Waals surface area contributed by atoms with E-state index in [4.69, 9.17) is 11.6 Å². The van der Waals surface area contributed by atoms with Gasteiger partial charge in [0.05, 0.1) is 0 Å². The Bertz CT molecular complexity index is 447. The lowest BCUT2D eigenvalue weighted by Crippen LogP contribution is -2.32. The summed E-state index contributed by atoms with van der Waals surface area (Å²) in [6.45, 7) is 2.41. The number of aromatic nitrogens is 1. The first-order valence-electron chi connectivity index (χ1n) is 5.05. The van der Waals surface area contributed by atoms with Crippen LogP contribution < -0.4 is 0 Å². The normalized spacial score (nSPS) is 20.2. The zero-order valence-electron chi connectivity index (χ0n) is 8.81. The van der Waals surface area contributed by atoms with Gasteiger partial charge < -0.3 is 0 Å². The van der Waals surface area contributed by atoms with Crippen LogP contribution in [0.3, 0.4) is 0 Å². The van der Waals surface area contributed by atoms with E-state index in [2.05, 4.69) is 4.98 Å². The zero-order chi connectivity index (χ0) is 11.7. The number of hydrogen-bond donors (Lipinski definition) is 0. The van der Waals surface area contributed by atoms with Gasteiger partial charge in [0.2, 0.25) is 5.91 Å². The molecule has 1 aromatic rings. The molecule has 16 heavy (non-hydrogen) atoms. The van der Waals surface area contributed by atoms with Crippen molar-refractivity contribution in [1.29, 1.82) is 0 Å². The Kier molecular flexibility index (Phi) is 2.92. The predicted molar refractivity (Wildman–Crippen MR) is 59.1 cm³/mol. The number of imide groups is 1. The second-order valence-electron chi connectivity index (χ2n) is 3.96. The summed E-state index contributed by atoms with van der Waals surface area (Å²) in [5.41, 5.74) is 0.218. The monoisotopic (exact) mass is 238 g/mol. The maximum atomic E-state index is 11.9. The molecule has 2 rings (SSSR count). The second kappa shape index (κ2) is 4.22. The molecule has 1 aromatic heterocycles. The van der Waals surface area contributed by atoms with Crippen molar-refractivity contribution in [1.82, 2.24) is 9.88 Å². The third-order valence-corrected chi connectivity index (χ3v) is 2.71. The summed E-state index contributed by atoms with van der Waals surface area (Å²) in [6.07, 6.45) is 0.423. The van der Waals surface area contributed by atoms with Gasteiger partial charge in [0.1, 0.15) is 10.8 Å². The molecule has 1 unspecified atom stereocenters. The maximum absolute atomic E-state index is 11.9. The molecule has 2 amide bonds. The summed E-state index contributed by atoms with van der Waals surface area (Å²) in [6, 6.07) is 4.80. The fraction of sp³-hybridized carbons (Fsp3) is 0.364. The van der Waals surface area contributed by atoms with Crippen LogP contribution in [0.25, 0.3) is 0 Å². The topological polar surface area (TPSA) is 50.3 Å². The third-order valence-electron chi connectivity index (χ3n) is 2.50. The second-order valence-corrected chi connectivity index (χ2v) is 4.35. The van der Waals surface area contributed by atoms with E-state index in [0.717, 1.165) is 0 Å². The number of carbonyl (C=O) groups excluding carboxylic acids is 2. The molecule has 0 radical (unpaired) electrons.